The number of carbonyl (C=O) groups is 3. The number of carboxylic acid groups (broad SMARTS) is 1. The number of nitrogens with zero attached hydrogens (tertiary/aromatic N) is 3. The van der Waals surface area contributed by atoms with E-state index in [1.54, 1.807) is 12.1 Å². The van der Waals surface area contributed by atoms with E-state index in [0.717, 1.165) is 4.90 Å². The molecular formula is C16H16FN3O6. The summed E-state index contributed by atoms with van der Waals surface area (Å²) in [6.45, 7) is -0.552. The summed E-state index contributed by atoms with van der Waals surface area (Å²) in [6.07, 6.45) is -1.62. The van der Waals surface area contributed by atoms with Crippen molar-refractivity contribution >= 4 is 18.0 Å². The molecule has 2 aliphatic rings. The van der Waals surface area contributed by atoms with Gasteiger partial charge in [-0.15, -0.1) is 0 Å². The van der Waals surface area contributed by atoms with E-state index < -0.39 is 42.5 Å². The molecule has 26 heavy (non-hydrogen) atoms. The summed E-state index contributed by atoms with van der Waals surface area (Å²) in [4.78, 5) is 48.0. The number of fused-ring (bicyclic) bond motifs is 1. The number of hydrogen-bond acceptors (Lipinski definition) is 6. The molecule has 0 spiro atoms. The second-order valence-corrected chi connectivity index (χ2v) is 6.16. The van der Waals surface area contributed by atoms with Gasteiger partial charge in [0.05, 0.1) is 13.1 Å². The molecule has 1 aromatic rings. The van der Waals surface area contributed by atoms with Crippen LogP contribution in [0, 0.1) is 10.7 Å². The van der Waals surface area contributed by atoms with E-state index in [9.17, 15) is 28.8 Å². The van der Waals surface area contributed by atoms with Crippen molar-refractivity contribution in [2.75, 3.05) is 13.1 Å². The Morgan fingerprint density at radius 2 is 2.08 bits per heavy atom. The van der Waals surface area contributed by atoms with Gasteiger partial charge in [-0.25, -0.2) is 14.0 Å². The minimum absolute atomic E-state index is 0.0631. The largest absolute Gasteiger partial charge is 0.480 e. The van der Waals surface area contributed by atoms with Gasteiger partial charge in [-0.1, -0.05) is 17.3 Å². The minimum atomic E-state index is -1.25. The maximum Gasteiger partial charge on any atom is 0.410 e. The molecule has 0 radical (unpaired) electrons. The lowest BCUT2D eigenvalue weighted by molar-refractivity contribution is -0.147. The summed E-state index contributed by atoms with van der Waals surface area (Å²) in [6, 6.07) is 3.40. The number of benzene rings is 1. The van der Waals surface area contributed by atoms with Crippen LogP contribution in [-0.2, 0) is 27.4 Å². The second kappa shape index (κ2) is 7.06. The van der Waals surface area contributed by atoms with Gasteiger partial charge in [0.1, 0.15) is 18.0 Å². The monoisotopic (exact) mass is 365 g/mol. The number of ether oxygens (including phenoxy) is 1. The third-order valence-electron chi connectivity index (χ3n) is 4.52. The van der Waals surface area contributed by atoms with E-state index in [2.05, 4.69) is 5.18 Å². The average molecular weight is 365 g/mol. The highest BCUT2D eigenvalue weighted by atomic mass is 19.1. The van der Waals surface area contributed by atoms with E-state index in [4.69, 9.17) is 4.74 Å². The van der Waals surface area contributed by atoms with Crippen molar-refractivity contribution in [3.05, 3.63) is 40.1 Å². The summed E-state index contributed by atoms with van der Waals surface area (Å²) in [5.74, 6) is -2.39. The lowest BCUT2D eigenvalue weighted by Gasteiger charge is -2.20. The highest BCUT2D eigenvalue weighted by molar-refractivity contribution is 5.85. The van der Waals surface area contributed by atoms with Crippen molar-refractivity contribution in [2.24, 2.45) is 5.18 Å². The van der Waals surface area contributed by atoms with Crippen molar-refractivity contribution in [3.8, 4) is 0 Å². The van der Waals surface area contributed by atoms with Gasteiger partial charge < -0.3 is 14.7 Å². The minimum Gasteiger partial charge on any atom is -0.480 e. The number of hydrogen-bond donors (Lipinski definition) is 1. The molecule has 1 saturated heterocycles. The molecule has 9 nitrogen and oxygen atoms in total. The second-order valence-electron chi connectivity index (χ2n) is 6.16. The summed E-state index contributed by atoms with van der Waals surface area (Å²) in [5, 5.41) is 11.7. The predicted molar refractivity (Wildman–Crippen MR) is 84.3 cm³/mol. The topological polar surface area (TPSA) is 117 Å². The molecule has 2 aliphatic heterocycles. The fourth-order valence-electron chi connectivity index (χ4n) is 3.27. The fraction of sp³-hybridized carbons (Fsp3) is 0.438. The number of likely N-dealkylation sites (tertiary alicyclic amines) is 1. The molecular weight excluding hydrogens is 349 g/mol. The van der Waals surface area contributed by atoms with Gasteiger partial charge in [0.15, 0.2) is 6.54 Å². The molecule has 2 atom stereocenters. The van der Waals surface area contributed by atoms with E-state index in [0.29, 0.717) is 11.1 Å². The SMILES string of the molecule is O=NCC(=O)N1CC(OC(=O)N2Cc3cccc(F)c3C2)C[C@H]1C(=O)O. The Labute approximate surface area is 147 Å². The Bertz CT molecular complexity index is 770. The van der Waals surface area contributed by atoms with Crippen LogP contribution < -0.4 is 0 Å². The molecule has 0 saturated carbocycles. The van der Waals surface area contributed by atoms with Crippen LogP contribution in [-0.4, -0.2) is 58.1 Å². The van der Waals surface area contributed by atoms with Gasteiger partial charge in [-0.2, -0.15) is 4.91 Å². The van der Waals surface area contributed by atoms with Crippen LogP contribution in [0.15, 0.2) is 23.4 Å². The molecule has 138 valence electrons. The normalized spacial score (nSPS) is 21.4. The first-order chi connectivity index (χ1) is 12.4. The lowest BCUT2D eigenvalue weighted by atomic mass is 10.1. The zero-order valence-corrected chi connectivity index (χ0v) is 13.6. The number of halogens is 1. The number of carbonyl (C=O) groups excluding carboxylic acids is 2. The average Bonchev–Trinajstić information content (AvgIpc) is 3.20. The maximum atomic E-state index is 13.8. The number of carboxylic acids is 1. The van der Waals surface area contributed by atoms with Crippen LogP contribution in [0.25, 0.3) is 0 Å². The third-order valence-corrected chi connectivity index (χ3v) is 4.52. The smallest absolute Gasteiger partial charge is 0.410 e. The molecule has 2 heterocycles. The third kappa shape index (κ3) is 3.35. The fourth-order valence-corrected chi connectivity index (χ4v) is 3.27. The first-order valence-electron chi connectivity index (χ1n) is 7.94. The van der Waals surface area contributed by atoms with Crippen LogP contribution in [0.5, 0.6) is 0 Å². The quantitative estimate of drug-likeness (QED) is 0.799. The van der Waals surface area contributed by atoms with E-state index in [1.807, 2.05) is 0 Å². The molecule has 0 bridgehead atoms. The van der Waals surface area contributed by atoms with E-state index in [-0.39, 0.29) is 26.1 Å². The summed E-state index contributed by atoms with van der Waals surface area (Å²) >= 11 is 0. The molecule has 1 N–H and O–H groups in total. The van der Waals surface area contributed by atoms with E-state index >= 15 is 0 Å². The van der Waals surface area contributed by atoms with Gasteiger partial charge >= 0.3 is 12.1 Å². The Morgan fingerprint density at radius 1 is 1.31 bits per heavy atom. The predicted octanol–water partition coefficient (Wildman–Crippen LogP) is 1.10. The molecule has 0 aliphatic carbocycles. The molecule has 1 fully saturated rings. The van der Waals surface area contributed by atoms with Crippen molar-refractivity contribution in [1.82, 2.24) is 9.80 Å². The molecule has 1 aromatic carbocycles. The highest BCUT2D eigenvalue weighted by Crippen LogP contribution is 2.27. The molecule has 2 amide bonds. The van der Waals surface area contributed by atoms with Gasteiger partial charge in [0.25, 0.3) is 0 Å². The van der Waals surface area contributed by atoms with Gasteiger partial charge in [0, 0.05) is 18.5 Å². The van der Waals surface area contributed by atoms with Crippen LogP contribution in [0.4, 0.5) is 9.18 Å². The van der Waals surface area contributed by atoms with Crippen LogP contribution >= 0.6 is 0 Å². The van der Waals surface area contributed by atoms with Crippen molar-refractivity contribution < 1.29 is 28.6 Å². The lowest BCUT2D eigenvalue weighted by Crippen LogP contribution is -2.41. The summed E-state index contributed by atoms with van der Waals surface area (Å²) in [7, 11) is 0. The summed E-state index contributed by atoms with van der Waals surface area (Å²) < 4.78 is 19.1. The Kier molecular flexibility index (Phi) is 4.83. The van der Waals surface area contributed by atoms with Crippen LogP contribution in [0.2, 0.25) is 0 Å². The zero-order chi connectivity index (χ0) is 18.8. The van der Waals surface area contributed by atoms with Crippen LogP contribution in [0.1, 0.15) is 17.5 Å². The van der Waals surface area contributed by atoms with Crippen LogP contribution in [0.3, 0.4) is 0 Å². The molecule has 10 heteroatoms. The first-order valence-corrected chi connectivity index (χ1v) is 7.94. The number of amides is 2. The highest BCUT2D eigenvalue weighted by Gasteiger charge is 2.42. The standard InChI is InChI=1S/C16H16FN3O6/c17-12-3-1-2-9-6-19(8-11(9)12)16(24)26-10-4-13(15(22)23)20(7-10)14(21)5-18-25/h1-3,10,13H,4-8H2,(H,22,23)/t10?,13-/m0/s1. The molecule has 1 unspecified atom stereocenters. The Balaban J connectivity index is 1.63. The first kappa shape index (κ1) is 17.8. The van der Waals surface area contributed by atoms with Gasteiger partial charge in [-0.05, 0) is 11.6 Å². The molecule has 0 aromatic heterocycles. The van der Waals surface area contributed by atoms with Gasteiger partial charge in [-0.3, -0.25) is 9.69 Å². The Hall–Kier alpha value is -3.04. The Morgan fingerprint density at radius 3 is 2.73 bits per heavy atom. The van der Waals surface area contributed by atoms with Crippen molar-refractivity contribution in [3.63, 3.8) is 0 Å². The van der Waals surface area contributed by atoms with Crippen molar-refractivity contribution in [1.29, 1.82) is 0 Å². The van der Waals surface area contributed by atoms with Gasteiger partial charge in [0.2, 0.25) is 5.91 Å². The summed E-state index contributed by atoms with van der Waals surface area (Å²) in [5.41, 5.74) is 1.11. The number of aliphatic carboxylic acids is 1. The maximum absolute atomic E-state index is 13.8. The molecule has 3 rings (SSSR count). The van der Waals surface area contributed by atoms with E-state index in [1.165, 1.54) is 11.0 Å². The number of rotatable bonds is 4. The van der Waals surface area contributed by atoms with Crippen molar-refractivity contribution in [2.45, 2.75) is 31.7 Å². The number of nitroso groups, excluding NO2 is 1. The zero-order valence-electron chi connectivity index (χ0n) is 13.6.